The van der Waals surface area contributed by atoms with Crippen LogP contribution in [0.3, 0.4) is 0 Å². The molecule has 5 nitrogen and oxygen atoms in total. The van der Waals surface area contributed by atoms with Crippen LogP contribution in [-0.2, 0) is 0 Å². The smallest absolute Gasteiger partial charge is 0.255 e. The number of nitrogens with zero attached hydrogens (tertiary/aromatic N) is 1. The summed E-state index contributed by atoms with van der Waals surface area (Å²) in [6.45, 7) is 5.44. The van der Waals surface area contributed by atoms with E-state index in [9.17, 15) is 9.59 Å². The predicted octanol–water partition coefficient (Wildman–Crippen LogP) is 3.24. The molecule has 2 N–H and O–H groups in total. The molecule has 0 atom stereocenters. The third kappa shape index (κ3) is 5.43. The maximum absolute atomic E-state index is 12.6. The molecule has 0 saturated heterocycles. The van der Waals surface area contributed by atoms with Crippen LogP contribution in [0.15, 0.2) is 42.5 Å². The highest BCUT2D eigenvalue weighted by molar-refractivity contribution is 6.06. The van der Waals surface area contributed by atoms with Crippen LogP contribution in [0.5, 0.6) is 0 Å². The summed E-state index contributed by atoms with van der Waals surface area (Å²) in [5.74, 6) is -0.380. The number of hydrogen-bond acceptors (Lipinski definition) is 3. The van der Waals surface area contributed by atoms with Gasteiger partial charge >= 0.3 is 0 Å². The third-order valence-electron chi connectivity index (χ3n) is 4.17. The van der Waals surface area contributed by atoms with E-state index < -0.39 is 0 Å². The molecule has 0 aliphatic rings. The molecule has 0 fully saturated rings. The summed E-state index contributed by atoms with van der Waals surface area (Å²) in [5.41, 5.74) is 3.79. The Morgan fingerprint density at radius 1 is 0.923 bits per heavy atom. The molecule has 2 rings (SSSR count). The number of hydrogen-bond donors (Lipinski definition) is 2. The maximum Gasteiger partial charge on any atom is 0.255 e. The molecule has 5 heteroatoms. The van der Waals surface area contributed by atoms with Gasteiger partial charge in [-0.1, -0.05) is 24.3 Å². The number of rotatable bonds is 7. The van der Waals surface area contributed by atoms with E-state index in [1.165, 1.54) is 0 Å². The minimum absolute atomic E-state index is 0.162. The van der Waals surface area contributed by atoms with Crippen LogP contribution >= 0.6 is 0 Å². The first-order valence-corrected chi connectivity index (χ1v) is 8.79. The summed E-state index contributed by atoms with van der Waals surface area (Å²) in [5, 5.41) is 5.84. The number of benzene rings is 2. The first-order valence-electron chi connectivity index (χ1n) is 8.79. The Balaban J connectivity index is 2.03. The molecule has 0 aliphatic heterocycles. The van der Waals surface area contributed by atoms with E-state index in [1.54, 1.807) is 24.3 Å². The van der Waals surface area contributed by atoms with E-state index in [-0.39, 0.29) is 11.8 Å². The van der Waals surface area contributed by atoms with Gasteiger partial charge in [0, 0.05) is 23.4 Å². The predicted molar refractivity (Wildman–Crippen MR) is 106 cm³/mol. The van der Waals surface area contributed by atoms with Crippen molar-refractivity contribution in [2.75, 3.05) is 32.5 Å². The third-order valence-corrected chi connectivity index (χ3v) is 4.17. The van der Waals surface area contributed by atoms with Crippen LogP contribution < -0.4 is 10.6 Å². The molecule has 0 heterocycles. The first kappa shape index (κ1) is 19.7. The van der Waals surface area contributed by atoms with Gasteiger partial charge in [-0.3, -0.25) is 9.59 Å². The fourth-order valence-corrected chi connectivity index (χ4v) is 2.70. The molecule has 0 bridgehead atoms. The summed E-state index contributed by atoms with van der Waals surface area (Å²) in [4.78, 5) is 26.9. The van der Waals surface area contributed by atoms with Crippen molar-refractivity contribution in [1.82, 2.24) is 10.2 Å². The Morgan fingerprint density at radius 3 is 2.12 bits per heavy atom. The lowest BCUT2D eigenvalue weighted by atomic mass is 10.1. The van der Waals surface area contributed by atoms with Crippen LogP contribution in [0, 0.1) is 13.8 Å². The van der Waals surface area contributed by atoms with Gasteiger partial charge in [-0.25, -0.2) is 0 Å². The van der Waals surface area contributed by atoms with Crippen molar-refractivity contribution in [1.29, 1.82) is 0 Å². The molecule has 0 aromatic heterocycles. The van der Waals surface area contributed by atoms with Crippen molar-refractivity contribution < 1.29 is 9.59 Å². The van der Waals surface area contributed by atoms with Gasteiger partial charge in [0.05, 0.1) is 0 Å². The number of nitrogens with one attached hydrogen (secondary N) is 2. The van der Waals surface area contributed by atoms with E-state index in [0.29, 0.717) is 17.7 Å². The maximum atomic E-state index is 12.6. The quantitative estimate of drug-likeness (QED) is 0.751. The van der Waals surface area contributed by atoms with Crippen LogP contribution in [0.25, 0.3) is 0 Å². The zero-order chi connectivity index (χ0) is 19.1. The second kappa shape index (κ2) is 9.15. The lowest BCUT2D eigenvalue weighted by molar-refractivity contribution is 0.0952. The molecule has 0 spiro atoms. The second-order valence-corrected chi connectivity index (χ2v) is 6.71. The summed E-state index contributed by atoms with van der Waals surface area (Å²) in [6, 6.07) is 12.7. The highest BCUT2D eigenvalue weighted by Crippen LogP contribution is 2.20. The largest absolute Gasteiger partial charge is 0.352 e. The Hall–Kier alpha value is -2.66. The number of anilines is 1. The summed E-state index contributed by atoms with van der Waals surface area (Å²) in [7, 11) is 4.00. The van der Waals surface area contributed by atoms with E-state index >= 15 is 0 Å². The first-order chi connectivity index (χ1) is 12.4. The zero-order valence-electron chi connectivity index (χ0n) is 15.9. The second-order valence-electron chi connectivity index (χ2n) is 6.71. The molecule has 0 saturated carbocycles. The van der Waals surface area contributed by atoms with Crippen LogP contribution in [0.4, 0.5) is 5.69 Å². The van der Waals surface area contributed by atoms with Gasteiger partial charge in [0.1, 0.15) is 0 Å². The fourth-order valence-electron chi connectivity index (χ4n) is 2.70. The minimum Gasteiger partial charge on any atom is -0.352 e. The molecule has 2 aromatic rings. The summed E-state index contributed by atoms with van der Waals surface area (Å²) in [6.07, 6.45) is 0.880. The van der Waals surface area contributed by atoms with Gasteiger partial charge < -0.3 is 15.5 Å². The average Bonchev–Trinajstić information content (AvgIpc) is 2.61. The molecular weight excluding hydrogens is 326 g/mol. The normalized spacial score (nSPS) is 10.7. The van der Waals surface area contributed by atoms with Gasteiger partial charge in [0.15, 0.2) is 0 Å². The van der Waals surface area contributed by atoms with Gasteiger partial charge in [-0.2, -0.15) is 0 Å². The average molecular weight is 353 g/mol. The molecule has 0 radical (unpaired) electrons. The van der Waals surface area contributed by atoms with Gasteiger partial charge in [0.25, 0.3) is 11.8 Å². The van der Waals surface area contributed by atoms with Crippen molar-refractivity contribution in [2.45, 2.75) is 20.3 Å². The Bertz CT molecular complexity index is 764. The fraction of sp³-hybridized carbons (Fsp3) is 0.333. The molecule has 26 heavy (non-hydrogen) atoms. The van der Waals surface area contributed by atoms with Crippen LogP contribution in [0.2, 0.25) is 0 Å². The van der Waals surface area contributed by atoms with Gasteiger partial charge in [0.2, 0.25) is 0 Å². The monoisotopic (exact) mass is 353 g/mol. The Labute approximate surface area is 155 Å². The number of carbonyl (C=O) groups is 2. The summed E-state index contributed by atoms with van der Waals surface area (Å²) >= 11 is 0. The van der Waals surface area contributed by atoms with Crippen LogP contribution in [-0.4, -0.2) is 43.9 Å². The highest BCUT2D eigenvalue weighted by Gasteiger charge is 2.12. The van der Waals surface area contributed by atoms with E-state index in [4.69, 9.17) is 0 Å². The van der Waals surface area contributed by atoms with E-state index in [1.807, 2.05) is 46.1 Å². The topological polar surface area (TPSA) is 61.4 Å². The minimum atomic E-state index is -0.218. The van der Waals surface area contributed by atoms with Crippen molar-refractivity contribution in [3.8, 4) is 0 Å². The highest BCUT2D eigenvalue weighted by atomic mass is 16.2. The lowest BCUT2D eigenvalue weighted by Gasteiger charge is -2.12. The molecule has 138 valence electrons. The molecular formula is C21H27N3O2. The Kier molecular flexibility index (Phi) is 6.92. The van der Waals surface area contributed by atoms with Crippen molar-refractivity contribution in [2.24, 2.45) is 0 Å². The van der Waals surface area contributed by atoms with Crippen molar-refractivity contribution in [3.05, 3.63) is 64.7 Å². The van der Waals surface area contributed by atoms with Crippen molar-refractivity contribution >= 4 is 17.5 Å². The molecule has 2 amide bonds. The molecule has 2 aromatic carbocycles. The molecule has 0 aliphatic carbocycles. The standard InChI is InChI=1S/C21H27N3O2/c1-15-8-5-9-16(2)19(15)23-21(26)18-11-6-10-17(14-18)20(25)22-12-7-13-24(3)4/h5-6,8-11,14H,7,12-13H2,1-4H3,(H,22,25)(H,23,26). The van der Waals surface area contributed by atoms with Crippen molar-refractivity contribution in [3.63, 3.8) is 0 Å². The molecule has 0 unspecified atom stereocenters. The summed E-state index contributed by atoms with van der Waals surface area (Å²) < 4.78 is 0. The van der Waals surface area contributed by atoms with E-state index in [0.717, 1.165) is 29.8 Å². The van der Waals surface area contributed by atoms with Gasteiger partial charge in [-0.15, -0.1) is 0 Å². The lowest BCUT2D eigenvalue weighted by Crippen LogP contribution is -2.27. The number of para-hydroxylation sites is 1. The van der Waals surface area contributed by atoms with Crippen LogP contribution in [0.1, 0.15) is 38.3 Å². The Morgan fingerprint density at radius 2 is 1.50 bits per heavy atom. The SMILES string of the molecule is Cc1cccc(C)c1NC(=O)c1cccc(C(=O)NCCCN(C)C)c1. The zero-order valence-corrected chi connectivity index (χ0v) is 15.9. The number of amides is 2. The number of aryl methyl sites for hydroxylation is 2. The number of carbonyl (C=O) groups excluding carboxylic acids is 2. The van der Waals surface area contributed by atoms with Gasteiger partial charge in [-0.05, 0) is 70.2 Å². The van der Waals surface area contributed by atoms with E-state index in [2.05, 4.69) is 15.5 Å².